The summed E-state index contributed by atoms with van der Waals surface area (Å²) in [4.78, 5) is 40.1. The number of ether oxygens (including phenoxy) is 4. The Morgan fingerprint density at radius 2 is 1.74 bits per heavy atom. The predicted octanol–water partition coefficient (Wildman–Crippen LogP) is 7.15. The van der Waals surface area contributed by atoms with Crippen LogP contribution in [-0.4, -0.2) is 62.9 Å². The highest BCUT2D eigenvalue weighted by Gasteiger charge is 2.27. The number of halogens is 1. The summed E-state index contributed by atoms with van der Waals surface area (Å²) in [5.74, 6) is 0.146. The van der Waals surface area contributed by atoms with E-state index in [0.717, 1.165) is 40.1 Å². The number of esters is 2. The molecule has 43 heavy (non-hydrogen) atoms. The molecule has 1 fully saturated rings. The molecular formula is C32H37BrN2O7S. The molecule has 1 aliphatic rings. The summed E-state index contributed by atoms with van der Waals surface area (Å²) >= 11 is 4.75. The second-order valence-electron chi connectivity index (χ2n) is 10.5. The van der Waals surface area contributed by atoms with Crippen LogP contribution >= 0.6 is 27.3 Å². The first-order valence-electron chi connectivity index (χ1n) is 14.2. The van der Waals surface area contributed by atoms with E-state index in [4.69, 9.17) is 18.9 Å². The summed E-state index contributed by atoms with van der Waals surface area (Å²) in [6.45, 7) is 9.55. The highest BCUT2D eigenvalue weighted by atomic mass is 79.9. The molecule has 0 bridgehead atoms. The van der Waals surface area contributed by atoms with Gasteiger partial charge in [0.05, 0.1) is 29.7 Å². The summed E-state index contributed by atoms with van der Waals surface area (Å²) in [7, 11) is 1.29. The van der Waals surface area contributed by atoms with Crippen molar-refractivity contribution in [2.45, 2.75) is 40.5 Å². The molecule has 11 heteroatoms. The van der Waals surface area contributed by atoms with E-state index in [2.05, 4.69) is 40.3 Å². The van der Waals surface area contributed by atoms with E-state index in [0.29, 0.717) is 35.8 Å². The zero-order chi connectivity index (χ0) is 31.1. The van der Waals surface area contributed by atoms with Gasteiger partial charge in [0.25, 0.3) is 0 Å². The van der Waals surface area contributed by atoms with Crippen molar-refractivity contribution in [1.29, 1.82) is 0 Å². The molecule has 2 aromatic carbocycles. The molecule has 1 N–H and O–H groups in total. The molecule has 0 saturated carbocycles. The Morgan fingerprint density at radius 3 is 2.40 bits per heavy atom. The van der Waals surface area contributed by atoms with Gasteiger partial charge in [-0.15, -0.1) is 11.3 Å². The molecule has 1 saturated heterocycles. The topological polar surface area (TPSA) is 103 Å². The van der Waals surface area contributed by atoms with Crippen molar-refractivity contribution in [2.24, 2.45) is 5.92 Å². The number of benzene rings is 2. The number of hydrogen-bond donors (Lipinski definition) is 1. The Kier molecular flexibility index (Phi) is 11.1. The number of nitrogens with zero attached hydrogens (tertiary/aromatic N) is 1. The SMILES string of the molecule is CCOC(=O)COc1c(C(=O)OC)sc(-c2cccc(OCC3CCN(C(=O)Nc4c(C)cc(C)cc4C)CC3)c2)c1Br. The lowest BCUT2D eigenvalue weighted by atomic mass is 9.98. The zero-order valence-electron chi connectivity index (χ0n) is 25.1. The Balaban J connectivity index is 1.36. The van der Waals surface area contributed by atoms with Crippen LogP contribution in [0.3, 0.4) is 0 Å². The molecule has 1 aliphatic heterocycles. The monoisotopic (exact) mass is 672 g/mol. The third-order valence-electron chi connectivity index (χ3n) is 7.21. The number of carbonyl (C=O) groups is 3. The summed E-state index contributed by atoms with van der Waals surface area (Å²) in [6, 6.07) is 11.7. The first kappa shape index (κ1) is 32.3. The lowest BCUT2D eigenvalue weighted by Gasteiger charge is -2.32. The summed E-state index contributed by atoms with van der Waals surface area (Å²) in [5.41, 5.74) is 5.01. The third kappa shape index (κ3) is 8.08. The van der Waals surface area contributed by atoms with Gasteiger partial charge in [-0.25, -0.2) is 14.4 Å². The van der Waals surface area contributed by atoms with Crippen molar-refractivity contribution in [3.8, 4) is 21.9 Å². The van der Waals surface area contributed by atoms with Crippen molar-refractivity contribution >= 4 is 50.9 Å². The molecule has 0 atom stereocenters. The maximum Gasteiger partial charge on any atom is 0.351 e. The van der Waals surface area contributed by atoms with Crippen LogP contribution in [0, 0.1) is 26.7 Å². The van der Waals surface area contributed by atoms with Gasteiger partial charge >= 0.3 is 18.0 Å². The fourth-order valence-corrected chi connectivity index (χ4v) is 7.05. The van der Waals surface area contributed by atoms with E-state index < -0.39 is 11.9 Å². The first-order chi connectivity index (χ1) is 20.6. The fraction of sp³-hybridized carbons (Fsp3) is 0.406. The molecule has 4 rings (SSSR count). The number of methoxy groups -OCH3 is 1. The molecule has 0 spiro atoms. The third-order valence-corrected chi connectivity index (χ3v) is 9.43. The van der Waals surface area contributed by atoms with Crippen LogP contribution in [0.4, 0.5) is 10.5 Å². The molecule has 2 amide bonds. The van der Waals surface area contributed by atoms with Gasteiger partial charge in [0.2, 0.25) is 0 Å². The number of nitrogens with one attached hydrogen (secondary N) is 1. The van der Waals surface area contributed by atoms with Crippen molar-refractivity contribution in [3.05, 3.63) is 62.4 Å². The van der Waals surface area contributed by atoms with Crippen molar-refractivity contribution in [3.63, 3.8) is 0 Å². The largest absolute Gasteiger partial charge is 0.493 e. The van der Waals surface area contributed by atoms with Crippen LogP contribution in [0.2, 0.25) is 0 Å². The minimum absolute atomic E-state index is 0.0689. The number of likely N-dealkylation sites (tertiary alicyclic amines) is 1. The van der Waals surface area contributed by atoms with E-state index in [1.807, 2.05) is 43.0 Å². The average Bonchev–Trinajstić information content (AvgIpc) is 3.32. The highest BCUT2D eigenvalue weighted by molar-refractivity contribution is 9.10. The summed E-state index contributed by atoms with van der Waals surface area (Å²) < 4.78 is 22.3. The zero-order valence-corrected chi connectivity index (χ0v) is 27.5. The Labute approximate surface area is 264 Å². The van der Waals surface area contributed by atoms with Crippen LogP contribution in [0.15, 0.2) is 40.9 Å². The Bertz CT molecular complexity index is 1460. The second-order valence-corrected chi connectivity index (χ2v) is 12.3. The van der Waals surface area contributed by atoms with Gasteiger partial charge in [-0.05, 0) is 91.2 Å². The number of piperidine rings is 1. The fourth-order valence-electron chi connectivity index (χ4n) is 5.08. The molecule has 3 aromatic rings. The molecule has 0 aliphatic carbocycles. The maximum absolute atomic E-state index is 13.0. The normalized spacial score (nSPS) is 13.4. The van der Waals surface area contributed by atoms with Gasteiger partial charge in [-0.3, -0.25) is 0 Å². The first-order valence-corrected chi connectivity index (χ1v) is 15.8. The number of urea groups is 1. The predicted molar refractivity (Wildman–Crippen MR) is 170 cm³/mol. The molecular weight excluding hydrogens is 636 g/mol. The van der Waals surface area contributed by atoms with Gasteiger partial charge in [-0.1, -0.05) is 29.8 Å². The standard InChI is InChI=1S/C32H37BrN2O7S/c1-6-40-25(36)18-42-28-26(33)29(43-30(28)31(37)39-5)23-8-7-9-24(16-23)41-17-22-10-12-35(13-11-22)32(38)34-27-20(3)14-19(2)15-21(27)4/h7-9,14-16,22H,6,10-13,17-18H2,1-5H3,(H,34,38). The highest BCUT2D eigenvalue weighted by Crippen LogP contribution is 2.46. The smallest absolute Gasteiger partial charge is 0.351 e. The van der Waals surface area contributed by atoms with Crippen molar-refractivity contribution in [1.82, 2.24) is 4.90 Å². The van der Waals surface area contributed by atoms with Crippen molar-refractivity contribution < 1.29 is 33.3 Å². The van der Waals surface area contributed by atoms with Gasteiger partial charge < -0.3 is 29.2 Å². The van der Waals surface area contributed by atoms with Gasteiger partial charge in [0, 0.05) is 18.8 Å². The van der Waals surface area contributed by atoms with Crippen LogP contribution < -0.4 is 14.8 Å². The lowest BCUT2D eigenvalue weighted by molar-refractivity contribution is -0.145. The van der Waals surface area contributed by atoms with E-state index in [9.17, 15) is 14.4 Å². The summed E-state index contributed by atoms with van der Waals surface area (Å²) in [5, 5.41) is 3.10. The molecule has 230 valence electrons. The maximum atomic E-state index is 13.0. The number of hydrogen-bond acceptors (Lipinski definition) is 8. The number of anilines is 1. The minimum Gasteiger partial charge on any atom is -0.493 e. The number of aryl methyl sites for hydroxylation is 3. The van der Waals surface area contributed by atoms with Gasteiger partial charge in [0.1, 0.15) is 5.75 Å². The quantitative estimate of drug-likeness (QED) is 0.228. The lowest BCUT2D eigenvalue weighted by Crippen LogP contribution is -2.42. The van der Waals surface area contributed by atoms with Crippen LogP contribution in [0.25, 0.3) is 10.4 Å². The van der Waals surface area contributed by atoms with E-state index in [-0.39, 0.29) is 29.9 Å². The molecule has 0 radical (unpaired) electrons. The van der Waals surface area contributed by atoms with Crippen molar-refractivity contribution in [2.75, 3.05) is 45.3 Å². The molecule has 1 aromatic heterocycles. The number of rotatable bonds is 10. The van der Waals surface area contributed by atoms with E-state index in [1.165, 1.54) is 24.0 Å². The molecule has 2 heterocycles. The number of amides is 2. The summed E-state index contributed by atoms with van der Waals surface area (Å²) in [6.07, 6.45) is 1.69. The molecule has 9 nitrogen and oxygen atoms in total. The second kappa shape index (κ2) is 14.7. The van der Waals surface area contributed by atoms with Crippen LogP contribution in [0.1, 0.15) is 46.1 Å². The van der Waals surface area contributed by atoms with Crippen LogP contribution in [-0.2, 0) is 14.3 Å². The van der Waals surface area contributed by atoms with Gasteiger partial charge in [0.15, 0.2) is 17.2 Å². The minimum atomic E-state index is -0.563. The van der Waals surface area contributed by atoms with Gasteiger partial charge in [-0.2, -0.15) is 0 Å². The molecule has 0 unspecified atom stereocenters. The average molecular weight is 674 g/mol. The Morgan fingerprint density at radius 1 is 1.05 bits per heavy atom. The Hall–Kier alpha value is -3.57. The van der Waals surface area contributed by atoms with E-state index in [1.54, 1.807) is 6.92 Å². The van der Waals surface area contributed by atoms with Crippen LogP contribution in [0.5, 0.6) is 11.5 Å². The number of carbonyl (C=O) groups excluding carboxylic acids is 3. The number of thiophene rings is 1. The van der Waals surface area contributed by atoms with E-state index >= 15 is 0 Å².